The molecule has 3 rings (SSSR count). The van der Waals surface area contributed by atoms with E-state index in [1.165, 1.54) is 11.3 Å². The second-order valence-corrected chi connectivity index (χ2v) is 5.82. The Balaban J connectivity index is 1.52. The number of hydrogen-bond donors (Lipinski definition) is 2. The van der Waals surface area contributed by atoms with E-state index in [9.17, 15) is 4.79 Å². The van der Waals surface area contributed by atoms with Crippen molar-refractivity contribution in [3.05, 3.63) is 29.8 Å². The van der Waals surface area contributed by atoms with E-state index in [-0.39, 0.29) is 11.9 Å². The SMILES string of the molecule is CC1Cc2ccccc2N1CCNC(=O)C1CCCN1. The van der Waals surface area contributed by atoms with Gasteiger partial charge in [-0.3, -0.25) is 4.79 Å². The number of amides is 1. The molecule has 0 spiro atoms. The van der Waals surface area contributed by atoms with Crippen LogP contribution in [0.2, 0.25) is 0 Å². The Labute approximate surface area is 120 Å². The second-order valence-electron chi connectivity index (χ2n) is 5.82. The van der Waals surface area contributed by atoms with Crippen LogP contribution in [0.1, 0.15) is 25.3 Å². The lowest BCUT2D eigenvalue weighted by Crippen LogP contribution is -2.44. The summed E-state index contributed by atoms with van der Waals surface area (Å²) in [4.78, 5) is 14.4. The van der Waals surface area contributed by atoms with Gasteiger partial charge in [0, 0.05) is 24.8 Å². The van der Waals surface area contributed by atoms with Crippen molar-refractivity contribution in [1.82, 2.24) is 10.6 Å². The van der Waals surface area contributed by atoms with Gasteiger partial charge in [-0.2, -0.15) is 0 Å². The summed E-state index contributed by atoms with van der Waals surface area (Å²) in [5, 5.41) is 6.29. The fourth-order valence-electron chi connectivity index (χ4n) is 3.30. The van der Waals surface area contributed by atoms with Gasteiger partial charge in [-0.15, -0.1) is 0 Å². The van der Waals surface area contributed by atoms with E-state index in [1.807, 2.05) is 0 Å². The number of carbonyl (C=O) groups is 1. The summed E-state index contributed by atoms with van der Waals surface area (Å²) >= 11 is 0. The van der Waals surface area contributed by atoms with Gasteiger partial charge in [0.1, 0.15) is 0 Å². The van der Waals surface area contributed by atoms with Gasteiger partial charge in [0.25, 0.3) is 0 Å². The van der Waals surface area contributed by atoms with Crippen molar-refractivity contribution < 1.29 is 4.79 Å². The zero-order valence-electron chi connectivity index (χ0n) is 12.1. The molecule has 0 saturated carbocycles. The summed E-state index contributed by atoms with van der Waals surface area (Å²) in [5.74, 6) is 0.155. The van der Waals surface area contributed by atoms with E-state index in [0.717, 1.165) is 38.9 Å². The topological polar surface area (TPSA) is 44.4 Å². The van der Waals surface area contributed by atoms with E-state index in [2.05, 4.69) is 46.7 Å². The Hall–Kier alpha value is -1.55. The van der Waals surface area contributed by atoms with Gasteiger partial charge in [0.05, 0.1) is 6.04 Å². The standard InChI is InChI=1S/C16H23N3O/c1-12-11-13-5-2-3-7-15(13)19(12)10-9-18-16(20)14-6-4-8-17-14/h2-3,5,7,12,14,17H,4,6,8-11H2,1H3,(H,18,20). The summed E-state index contributed by atoms with van der Waals surface area (Å²) in [7, 11) is 0. The van der Waals surface area contributed by atoms with Crippen molar-refractivity contribution in [3.8, 4) is 0 Å². The van der Waals surface area contributed by atoms with Crippen LogP contribution in [0, 0.1) is 0 Å². The largest absolute Gasteiger partial charge is 0.367 e. The van der Waals surface area contributed by atoms with Crippen LogP contribution in [0.15, 0.2) is 24.3 Å². The molecule has 4 nitrogen and oxygen atoms in total. The highest BCUT2D eigenvalue weighted by Crippen LogP contribution is 2.31. The molecule has 2 heterocycles. The van der Waals surface area contributed by atoms with Crippen LogP contribution in [0.4, 0.5) is 5.69 Å². The Bertz CT molecular complexity index is 482. The van der Waals surface area contributed by atoms with Crippen molar-refractivity contribution in [2.24, 2.45) is 0 Å². The van der Waals surface area contributed by atoms with Crippen LogP contribution in [-0.4, -0.2) is 37.6 Å². The van der Waals surface area contributed by atoms with Gasteiger partial charge in [-0.25, -0.2) is 0 Å². The maximum Gasteiger partial charge on any atom is 0.237 e. The molecule has 2 aliphatic heterocycles. The van der Waals surface area contributed by atoms with Crippen molar-refractivity contribution in [3.63, 3.8) is 0 Å². The zero-order chi connectivity index (χ0) is 13.9. The minimum absolute atomic E-state index is 0.0262. The molecule has 2 unspecified atom stereocenters. The monoisotopic (exact) mass is 273 g/mol. The Kier molecular flexibility index (Phi) is 3.92. The lowest BCUT2D eigenvalue weighted by molar-refractivity contribution is -0.122. The van der Waals surface area contributed by atoms with Crippen molar-refractivity contribution in [2.45, 2.75) is 38.3 Å². The van der Waals surface area contributed by atoms with Gasteiger partial charge in [0.2, 0.25) is 5.91 Å². The normalized spacial score (nSPS) is 24.8. The highest BCUT2D eigenvalue weighted by molar-refractivity contribution is 5.82. The van der Waals surface area contributed by atoms with Crippen molar-refractivity contribution in [1.29, 1.82) is 0 Å². The summed E-state index contributed by atoms with van der Waals surface area (Å²) in [6, 6.07) is 9.12. The summed E-state index contributed by atoms with van der Waals surface area (Å²) in [6.45, 7) is 4.82. The quantitative estimate of drug-likeness (QED) is 0.869. The Morgan fingerprint density at radius 1 is 1.45 bits per heavy atom. The van der Waals surface area contributed by atoms with Crippen LogP contribution in [0.5, 0.6) is 0 Å². The molecule has 108 valence electrons. The number of nitrogens with zero attached hydrogens (tertiary/aromatic N) is 1. The average Bonchev–Trinajstić information content (AvgIpc) is 3.07. The molecule has 0 bridgehead atoms. The third-order valence-electron chi connectivity index (χ3n) is 4.38. The summed E-state index contributed by atoms with van der Waals surface area (Å²) in [6.07, 6.45) is 3.18. The third kappa shape index (κ3) is 2.66. The number of nitrogens with one attached hydrogen (secondary N) is 2. The molecule has 1 aromatic rings. The molecule has 2 aliphatic rings. The van der Waals surface area contributed by atoms with Crippen LogP contribution >= 0.6 is 0 Å². The maximum absolute atomic E-state index is 12.0. The van der Waals surface area contributed by atoms with Gasteiger partial charge in [-0.05, 0) is 44.4 Å². The molecule has 1 amide bonds. The maximum atomic E-state index is 12.0. The molecule has 0 aliphatic carbocycles. The highest BCUT2D eigenvalue weighted by Gasteiger charge is 2.26. The fourth-order valence-corrected chi connectivity index (χ4v) is 3.30. The molecule has 1 saturated heterocycles. The number of carbonyl (C=O) groups excluding carboxylic acids is 1. The average molecular weight is 273 g/mol. The third-order valence-corrected chi connectivity index (χ3v) is 4.38. The summed E-state index contributed by atoms with van der Waals surface area (Å²) in [5.41, 5.74) is 2.75. The highest BCUT2D eigenvalue weighted by atomic mass is 16.2. The molecular formula is C16H23N3O. The zero-order valence-corrected chi connectivity index (χ0v) is 12.1. The lowest BCUT2D eigenvalue weighted by atomic mass is 10.1. The second kappa shape index (κ2) is 5.83. The first kappa shape index (κ1) is 13.4. The molecule has 0 radical (unpaired) electrons. The predicted octanol–water partition coefficient (Wildman–Crippen LogP) is 1.31. The number of para-hydroxylation sites is 1. The van der Waals surface area contributed by atoms with E-state index >= 15 is 0 Å². The van der Waals surface area contributed by atoms with Crippen molar-refractivity contribution >= 4 is 11.6 Å². The summed E-state index contributed by atoms with van der Waals surface area (Å²) < 4.78 is 0. The Morgan fingerprint density at radius 3 is 3.10 bits per heavy atom. The van der Waals surface area contributed by atoms with E-state index in [4.69, 9.17) is 0 Å². The molecule has 4 heteroatoms. The first-order valence-electron chi connectivity index (χ1n) is 7.61. The number of anilines is 1. The van der Waals surface area contributed by atoms with E-state index in [1.54, 1.807) is 0 Å². The van der Waals surface area contributed by atoms with Gasteiger partial charge >= 0.3 is 0 Å². The van der Waals surface area contributed by atoms with Crippen LogP contribution < -0.4 is 15.5 Å². The predicted molar refractivity (Wildman–Crippen MR) is 81.0 cm³/mol. The van der Waals surface area contributed by atoms with E-state index < -0.39 is 0 Å². The molecule has 2 atom stereocenters. The van der Waals surface area contributed by atoms with Gasteiger partial charge < -0.3 is 15.5 Å². The van der Waals surface area contributed by atoms with E-state index in [0.29, 0.717) is 6.04 Å². The molecule has 1 aromatic carbocycles. The minimum atomic E-state index is 0.0262. The Morgan fingerprint density at radius 2 is 2.30 bits per heavy atom. The van der Waals surface area contributed by atoms with Crippen LogP contribution in [0.3, 0.4) is 0 Å². The molecule has 2 N–H and O–H groups in total. The van der Waals surface area contributed by atoms with Crippen LogP contribution in [-0.2, 0) is 11.2 Å². The molecule has 0 aromatic heterocycles. The fraction of sp³-hybridized carbons (Fsp3) is 0.562. The first-order valence-corrected chi connectivity index (χ1v) is 7.61. The number of benzene rings is 1. The first-order chi connectivity index (χ1) is 9.75. The smallest absolute Gasteiger partial charge is 0.237 e. The molecular weight excluding hydrogens is 250 g/mol. The molecule has 1 fully saturated rings. The number of rotatable bonds is 4. The number of hydrogen-bond acceptors (Lipinski definition) is 3. The van der Waals surface area contributed by atoms with Gasteiger partial charge in [0.15, 0.2) is 0 Å². The van der Waals surface area contributed by atoms with Crippen LogP contribution in [0.25, 0.3) is 0 Å². The number of fused-ring (bicyclic) bond motifs is 1. The lowest BCUT2D eigenvalue weighted by Gasteiger charge is -2.25. The van der Waals surface area contributed by atoms with Crippen molar-refractivity contribution in [2.75, 3.05) is 24.5 Å². The minimum Gasteiger partial charge on any atom is -0.367 e. The molecule has 20 heavy (non-hydrogen) atoms. The van der Waals surface area contributed by atoms with Gasteiger partial charge in [-0.1, -0.05) is 18.2 Å².